The number of pyridine rings is 1. The van der Waals surface area contributed by atoms with Crippen LogP contribution in [0.3, 0.4) is 0 Å². The summed E-state index contributed by atoms with van der Waals surface area (Å²) >= 11 is 0. The average molecular weight is 328 g/mol. The van der Waals surface area contributed by atoms with Gasteiger partial charge in [-0.25, -0.2) is 4.98 Å². The molecule has 2 aromatic heterocycles. The molecule has 1 amide bonds. The Kier molecular flexibility index (Phi) is 4.94. The molecular formula is C18H24N4O2. The molecule has 3 heterocycles. The highest BCUT2D eigenvalue weighted by Crippen LogP contribution is 2.30. The van der Waals surface area contributed by atoms with Gasteiger partial charge in [-0.15, -0.1) is 0 Å². The smallest absolute Gasteiger partial charge is 0.255 e. The van der Waals surface area contributed by atoms with Crippen LogP contribution in [0.4, 0.5) is 0 Å². The van der Waals surface area contributed by atoms with Crippen molar-refractivity contribution in [2.24, 2.45) is 0 Å². The zero-order valence-corrected chi connectivity index (χ0v) is 14.2. The molecule has 24 heavy (non-hydrogen) atoms. The van der Waals surface area contributed by atoms with E-state index in [9.17, 15) is 9.90 Å². The number of amides is 1. The molecule has 1 fully saturated rings. The minimum atomic E-state index is 0.0255. The molecule has 128 valence electrons. The molecule has 1 atom stereocenters. The number of nitrogens with zero attached hydrogens (tertiary/aromatic N) is 4. The van der Waals surface area contributed by atoms with E-state index in [0.29, 0.717) is 11.5 Å². The first-order valence-corrected chi connectivity index (χ1v) is 8.45. The number of hydrogen-bond donors (Lipinski definition) is 1. The van der Waals surface area contributed by atoms with Gasteiger partial charge in [0.1, 0.15) is 5.82 Å². The van der Waals surface area contributed by atoms with E-state index in [1.165, 1.54) is 0 Å². The molecule has 0 saturated carbocycles. The van der Waals surface area contributed by atoms with Crippen molar-refractivity contribution >= 4 is 5.91 Å². The molecule has 0 bridgehead atoms. The van der Waals surface area contributed by atoms with Crippen molar-refractivity contribution in [3.63, 3.8) is 0 Å². The number of piperidine rings is 1. The van der Waals surface area contributed by atoms with Crippen LogP contribution in [0.5, 0.6) is 0 Å². The highest BCUT2D eigenvalue weighted by atomic mass is 16.3. The average Bonchev–Trinajstić information content (AvgIpc) is 3.03. The van der Waals surface area contributed by atoms with Crippen molar-refractivity contribution in [3.05, 3.63) is 47.8 Å². The number of rotatable bonds is 4. The number of aliphatic hydroxyl groups is 1. The standard InChI is InChI=1S/C18H24N4O2/c1-13-10-20-17(22(13)14(2)12-23)15-5-8-21(9-6-15)18(24)16-4-3-7-19-11-16/h3-4,7,10-11,14-15,23H,5-6,8-9,12H2,1-2H3/t14-/m1/s1. The lowest BCUT2D eigenvalue weighted by Crippen LogP contribution is -2.38. The molecule has 3 rings (SSSR count). The number of imidazole rings is 1. The van der Waals surface area contributed by atoms with Gasteiger partial charge in [0.05, 0.1) is 18.2 Å². The van der Waals surface area contributed by atoms with Gasteiger partial charge in [-0.2, -0.15) is 0 Å². The molecule has 1 aliphatic heterocycles. The van der Waals surface area contributed by atoms with E-state index in [4.69, 9.17) is 0 Å². The van der Waals surface area contributed by atoms with Crippen molar-refractivity contribution < 1.29 is 9.90 Å². The van der Waals surface area contributed by atoms with Crippen LogP contribution in [-0.4, -0.2) is 50.1 Å². The first-order valence-electron chi connectivity index (χ1n) is 8.45. The minimum absolute atomic E-state index is 0.0255. The minimum Gasteiger partial charge on any atom is -0.394 e. The SMILES string of the molecule is Cc1cnc(C2CCN(C(=O)c3cccnc3)CC2)n1[C@H](C)CO. The topological polar surface area (TPSA) is 71.2 Å². The van der Waals surface area contributed by atoms with Gasteiger partial charge in [0, 0.05) is 43.3 Å². The third-order valence-corrected chi connectivity index (χ3v) is 4.77. The first kappa shape index (κ1) is 16.6. The Balaban J connectivity index is 1.69. The summed E-state index contributed by atoms with van der Waals surface area (Å²) in [6.07, 6.45) is 6.94. The summed E-state index contributed by atoms with van der Waals surface area (Å²) in [5.74, 6) is 1.40. The molecule has 1 N–H and O–H groups in total. The van der Waals surface area contributed by atoms with Crippen LogP contribution < -0.4 is 0 Å². The predicted molar refractivity (Wildman–Crippen MR) is 90.9 cm³/mol. The summed E-state index contributed by atoms with van der Waals surface area (Å²) in [4.78, 5) is 23.0. The van der Waals surface area contributed by atoms with Crippen LogP contribution >= 0.6 is 0 Å². The number of aryl methyl sites for hydroxylation is 1. The van der Waals surface area contributed by atoms with Crippen LogP contribution in [-0.2, 0) is 0 Å². The van der Waals surface area contributed by atoms with Gasteiger partial charge in [-0.05, 0) is 38.8 Å². The Morgan fingerprint density at radius 2 is 2.12 bits per heavy atom. The number of carbonyl (C=O) groups is 1. The molecule has 0 aliphatic carbocycles. The zero-order valence-electron chi connectivity index (χ0n) is 14.2. The van der Waals surface area contributed by atoms with E-state index in [2.05, 4.69) is 14.5 Å². The molecular weight excluding hydrogens is 304 g/mol. The molecule has 1 aliphatic rings. The van der Waals surface area contributed by atoms with Crippen molar-refractivity contribution in [3.8, 4) is 0 Å². The highest BCUT2D eigenvalue weighted by Gasteiger charge is 2.28. The zero-order chi connectivity index (χ0) is 17.1. The van der Waals surface area contributed by atoms with Crippen LogP contribution in [0.1, 0.15) is 53.6 Å². The van der Waals surface area contributed by atoms with Gasteiger partial charge >= 0.3 is 0 Å². The predicted octanol–water partition coefficient (Wildman–Crippen LogP) is 2.16. The lowest BCUT2D eigenvalue weighted by molar-refractivity contribution is 0.0709. The highest BCUT2D eigenvalue weighted by molar-refractivity contribution is 5.93. The second-order valence-corrected chi connectivity index (χ2v) is 6.47. The number of carbonyl (C=O) groups excluding carboxylic acids is 1. The van der Waals surface area contributed by atoms with Gasteiger partial charge in [-0.3, -0.25) is 9.78 Å². The molecule has 0 aromatic carbocycles. The Morgan fingerprint density at radius 1 is 1.38 bits per heavy atom. The number of hydrogen-bond acceptors (Lipinski definition) is 4. The second-order valence-electron chi connectivity index (χ2n) is 6.47. The van der Waals surface area contributed by atoms with Crippen LogP contribution in [0.2, 0.25) is 0 Å². The van der Waals surface area contributed by atoms with E-state index in [-0.39, 0.29) is 18.6 Å². The fourth-order valence-corrected chi connectivity index (χ4v) is 3.43. The van der Waals surface area contributed by atoms with Crippen molar-refractivity contribution in [2.75, 3.05) is 19.7 Å². The van der Waals surface area contributed by atoms with E-state index in [0.717, 1.165) is 37.4 Å². The maximum atomic E-state index is 12.5. The summed E-state index contributed by atoms with van der Waals surface area (Å²) in [7, 11) is 0. The van der Waals surface area contributed by atoms with Crippen molar-refractivity contribution in [2.45, 2.75) is 38.6 Å². The Bertz CT molecular complexity index is 690. The fraction of sp³-hybridized carbons (Fsp3) is 0.500. The van der Waals surface area contributed by atoms with Crippen molar-refractivity contribution in [1.82, 2.24) is 19.4 Å². The lowest BCUT2D eigenvalue weighted by Gasteiger charge is -2.32. The van der Waals surface area contributed by atoms with E-state index < -0.39 is 0 Å². The molecule has 0 spiro atoms. The van der Waals surface area contributed by atoms with E-state index in [1.54, 1.807) is 24.5 Å². The largest absolute Gasteiger partial charge is 0.394 e. The number of likely N-dealkylation sites (tertiary alicyclic amines) is 1. The van der Waals surface area contributed by atoms with Gasteiger partial charge in [0.25, 0.3) is 5.91 Å². The molecule has 6 nitrogen and oxygen atoms in total. The fourth-order valence-electron chi connectivity index (χ4n) is 3.43. The molecule has 0 radical (unpaired) electrons. The van der Waals surface area contributed by atoms with Crippen molar-refractivity contribution in [1.29, 1.82) is 0 Å². The quantitative estimate of drug-likeness (QED) is 0.933. The number of aromatic nitrogens is 3. The lowest BCUT2D eigenvalue weighted by atomic mass is 9.95. The summed E-state index contributed by atoms with van der Waals surface area (Å²) in [5.41, 5.74) is 1.71. The molecule has 0 unspecified atom stereocenters. The summed E-state index contributed by atoms with van der Waals surface area (Å²) < 4.78 is 2.13. The summed E-state index contributed by atoms with van der Waals surface area (Å²) in [6.45, 7) is 5.56. The van der Waals surface area contributed by atoms with Gasteiger partial charge in [0.15, 0.2) is 0 Å². The Morgan fingerprint density at radius 3 is 2.75 bits per heavy atom. The van der Waals surface area contributed by atoms with Gasteiger partial charge in [0.2, 0.25) is 0 Å². The number of aliphatic hydroxyl groups excluding tert-OH is 1. The van der Waals surface area contributed by atoms with Crippen LogP contribution in [0, 0.1) is 6.92 Å². The monoisotopic (exact) mass is 328 g/mol. The van der Waals surface area contributed by atoms with E-state index in [1.807, 2.05) is 24.9 Å². The van der Waals surface area contributed by atoms with Crippen LogP contribution in [0.15, 0.2) is 30.7 Å². The maximum absolute atomic E-state index is 12.5. The molecule has 6 heteroatoms. The molecule has 1 saturated heterocycles. The van der Waals surface area contributed by atoms with Gasteiger partial charge < -0.3 is 14.6 Å². The van der Waals surface area contributed by atoms with Crippen LogP contribution in [0.25, 0.3) is 0 Å². The molecule has 2 aromatic rings. The maximum Gasteiger partial charge on any atom is 0.255 e. The Labute approximate surface area is 142 Å². The normalized spacial score (nSPS) is 17.0. The Hall–Kier alpha value is -2.21. The summed E-state index contributed by atoms with van der Waals surface area (Å²) in [5, 5.41) is 9.49. The first-order chi connectivity index (χ1) is 11.6. The van der Waals surface area contributed by atoms with Gasteiger partial charge in [-0.1, -0.05) is 0 Å². The third-order valence-electron chi connectivity index (χ3n) is 4.77. The third kappa shape index (κ3) is 3.19. The van der Waals surface area contributed by atoms with E-state index >= 15 is 0 Å². The second kappa shape index (κ2) is 7.13. The summed E-state index contributed by atoms with van der Waals surface area (Å²) in [6, 6.07) is 3.62.